The van der Waals surface area contributed by atoms with E-state index in [1.54, 1.807) is 6.08 Å². The minimum Gasteiger partial charge on any atom is -0.468 e. The van der Waals surface area contributed by atoms with Crippen molar-refractivity contribution in [3.05, 3.63) is 24.8 Å². The van der Waals surface area contributed by atoms with E-state index < -0.39 is 23.6 Å². The van der Waals surface area contributed by atoms with Gasteiger partial charge in [-0.05, 0) is 0 Å². The largest absolute Gasteiger partial charge is 0.468 e. The highest BCUT2D eigenvalue weighted by Crippen LogP contribution is 2.45. The zero-order valence-electron chi connectivity index (χ0n) is 8.84. The predicted octanol–water partition coefficient (Wildman–Crippen LogP) is 0.417. The molecule has 0 aromatic rings. The fourth-order valence-electron chi connectivity index (χ4n) is 2.08. The first kappa shape index (κ1) is 10.9. The van der Waals surface area contributed by atoms with Gasteiger partial charge in [0.15, 0.2) is 5.41 Å². The first-order valence-corrected chi connectivity index (χ1v) is 4.87. The Morgan fingerprint density at radius 1 is 1.75 bits per heavy atom. The van der Waals surface area contributed by atoms with Gasteiger partial charge in [0, 0.05) is 12.0 Å². The molecule has 1 saturated heterocycles. The monoisotopic (exact) mass is 224 g/mol. The van der Waals surface area contributed by atoms with Crippen molar-refractivity contribution in [1.29, 1.82) is 0 Å². The molecule has 16 heavy (non-hydrogen) atoms. The summed E-state index contributed by atoms with van der Waals surface area (Å²) in [7, 11) is 1.29. The average molecular weight is 224 g/mol. The lowest BCUT2D eigenvalue weighted by Gasteiger charge is -2.32. The minimum absolute atomic E-state index is 0.255. The molecule has 0 saturated carbocycles. The second-order valence-electron chi connectivity index (χ2n) is 3.70. The average Bonchev–Trinajstić information content (AvgIpc) is 2.66. The molecular formula is C11H12O5. The van der Waals surface area contributed by atoms with Crippen LogP contribution in [0.5, 0.6) is 0 Å². The van der Waals surface area contributed by atoms with Crippen LogP contribution >= 0.6 is 0 Å². The molecule has 2 aliphatic rings. The molecule has 0 N–H and O–H groups in total. The quantitative estimate of drug-likeness (QED) is 0.502. The lowest BCUT2D eigenvalue weighted by atomic mass is 9.75. The Bertz CT molecular complexity index is 373. The lowest BCUT2D eigenvalue weighted by molar-refractivity contribution is -0.190. The molecule has 0 aliphatic carbocycles. The number of carbonyl (C=O) groups excluding carboxylic acids is 2. The number of esters is 2. The van der Waals surface area contributed by atoms with Crippen LogP contribution < -0.4 is 0 Å². The minimum atomic E-state index is -1.08. The predicted molar refractivity (Wildman–Crippen MR) is 53.1 cm³/mol. The van der Waals surface area contributed by atoms with Crippen molar-refractivity contribution in [1.82, 2.24) is 0 Å². The van der Waals surface area contributed by atoms with E-state index in [9.17, 15) is 9.59 Å². The summed E-state index contributed by atoms with van der Waals surface area (Å²) in [5.41, 5.74) is -1.08. The van der Waals surface area contributed by atoms with Crippen LogP contribution in [-0.2, 0) is 23.8 Å². The molecule has 5 heteroatoms. The Hall–Kier alpha value is -1.62. The molecule has 2 aliphatic heterocycles. The molecule has 0 aromatic carbocycles. The fraction of sp³-hybridized carbons (Fsp3) is 0.455. The van der Waals surface area contributed by atoms with Crippen LogP contribution in [0.25, 0.3) is 0 Å². The van der Waals surface area contributed by atoms with Crippen LogP contribution in [0.2, 0.25) is 0 Å². The summed E-state index contributed by atoms with van der Waals surface area (Å²) >= 11 is 0. The van der Waals surface area contributed by atoms with Gasteiger partial charge in [-0.25, -0.2) is 4.79 Å². The molecule has 5 nitrogen and oxygen atoms in total. The summed E-state index contributed by atoms with van der Waals surface area (Å²) in [4.78, 5) is 22.9. The summed E-state index contributed by atoms with van der Waals surface area (Å²) in [5.74, 6) is -1.26. The molecule has 0 bridgehead atoms. The number of carbonyl (C=O) groups is 2. The zero-order chi connectivity index (χ0) is 11.8. The van der Waals surface area contributed by atoms with Gasteiger partial charge in [0.25, 0.3) is 0 Å². The third-order valence-electron chi connectivity index (χ3n) is 2.97. The molecule has 0 unspecified atom stereocenters. The molecule has 0 spiro atoms. The van der Waals surface area contributed by atoms with Gasteiger partial charge in [-0.1, -0.05) is 12.2 Å². The molecule has 1 fully saturated rings. The van der Waals surface area contributed by atoms with Crippen LogP contribution in [0.3, 0.4) is 0 Å². The summed E-state index contributed by atoms with van der Waals surface area (Å²) in [6.45, 7) is 3.93. The maximum atomic E-state index is 11.9. The van der Waals surface area contributed by atoms with Gasteiger partial charge in [0.1, 0.15) is 0 Å². The van der Waals surface area contributed by atoms with E-state index in [1.807, 2.05) is 0 Å². The molecule has 3 atom stereocenters. The van der Waals surface area contributed by atoms with Crippen molar-refractivity contribution in [3.63, 3.8) is 0 Å². The van der Waals surface area contributed by atoms with E-state index in [-0.39, 0.29) is 12.5 Å². The summed E-state index contributed by atoms with van der Waals surface area (Å²) in [5, 5.41) is 0. The highest BCUT2D eigenvalue weighted by Gasteiger charge is 2.59. The lowest BCUT2D eigenvalue weighted by Crippen LogP contribution is -2.46. The van der Waals surface area contributed by atoms with Gasteiger partial charge in [0.05, 0.1) is 13.7 Å². The van der Waals surface area contributed by atoms with E-state index in [4.69, 9.17) is 14.2 Å². The number of hydrogen-bond donors (Lipinski definition) is 0. The fourth-order valence-corrected chi connectivity index (χ4v) is 2.08. The van der Waals surface area contributed by atoms with E-state index in [2.05, 4.69) is 6.58 Å². The van der Waals surface area contributed by atoms with E-state index in [0.717, 1.165) is 0 Å². The molecule has 86 valence electrons. The molecular weight excluding hydrogens is 212 g/mol. The third kappa shape index (κ3) is 1.28. The highest BCUT2D eigenvalue weighted by atomic mass is 16.7. The second kappa shape index (κ2) is 3.75. The Balaban J connectivity index is 2.46. The van der Waals surface area contributed by atoms with Crippen LogP contribution in [0.15, 0.2) is 24.8 Å². The normalized spacial score (nSPS) is 36.4. The number of methoxy groups -OCH3 is 1. The molecule has 0 aromatic heterocycles. The van der Waals surface area contributed by atoms with Gasteiger partial charge in [-0.15, -0.1) is 6.58 Å². The first-order valence-electron chi connectivity index (χ1n) is 4.87. The molecule has 0 radical (unpaired) electrons. The number of ether oxygens (including phenoxy) is 3. The Labute approximate surface area is 92.7 Å². The summed E-state index contributed by atoms with van der Waals surface area (Å²) in [6.07, 6.45) is 3.41. The Kier molecular flexibility index (Phi) is 2.55. The standard InChI is InChI=1S/C11H12O5/c1-3-7-6-15-10-11(7,9(13)14-2)5-4-8(12)16-10/h3-5,7,10H,1,6H2,2H3/t7-,10+,11+/m1/s1. The maximum absolute atomic E-state index is 11.9. The van der Waals surface area contributed by atoms with Gasteiger partial charge in [0.2, 0.25) is 6.29 Å². The van der Waals surface area contributed by atoms with Gasteiger partial charge in [-0.3, -0.25) is 4.79 Å². The first-order chi connectivity index (χ1) is 7.65. The maximum Gasteiger partial charge on any atom is 0.332 e. The third-order valence-corrected chi connectivity index (χ3v) is 2.97. The number of hydrogen-bond acceptors (Lipinski definition) is 5. The van der Waals surface area contributed by atoms with Crippen LogP contribution in [0.4, 0.5) is 0 Å². The van der Waals surface area contributed by atoms with Gasteiger partial charge < -0.3 is 14.2 Å². The SMILES string of the molecule is C=C[C@@H]1CO[C@H]2OC(=O)C=C[C@]21C(=O)OC. The van der Waals surface area contributed by atoms with E-state index in [1.165, 1.54) is 19.3 Å². The van der Waals surface area contributed by atoms with Gasteiger partial charge >= 0.3 is 11.9 Å². The van der Waals surface area contributed by atoms with E-state index >= 15 is 0 Å². The van der Waals surface area contributed by atoms with Crippen molar-refractivity contribution in [2.24, 2.45) is 11.3 Å². The molecule has 0 amide bonds. The highest BCUT2D eigenvalue weighted by molar-refractivity contribution is 5.89. The van der Waals surface area contributed by atoms with E-state index in [0.29, 0.717) is 0 Å². The van der Waals surface area contributed by atoms with Crippen LogP contribution in [0.1, 0.15) is 0 Å². The van der Waals surface area contributed by atoms with Gasteiger partial charge in [-0.2, -0.15) is 0 Å². The van der Waals surface area contributed by atoms with Crippen molar-refractivity contribution in [2.75, 3.05) is 13.7 Å². The Morgan fingerprint density at radius 3 is 3.12 bits per heavy atom. The van der Waals surface area contributed by atoms with Crippen LogP contribution in [-0.4, -0.2) is 31.9 Å². The molecule has 2 heterocycles. The summed E-state index contributed by atoms with van der Waals surface area (Å²) in [6, 6.07) is 0. The smallest absolute Gasteiger partial charge is 0.332 e. The number of fused-ring (bicyclic) bond motifs is 1. The van der Waals surface area contributed by atoms with Crippen molar-refractivity contribution in [3.8, 4) is 0 Å². The van der Waals surface area contributed by atoms with Crippen molar-refractivity contribution in [2.45, 2.75) is 6.29 Å². The summed E-state index contributed by atoms with van der Waals surface area (Å²) < 4.78 is 15.0. The zero-order valence-corrected chi connectivity index (χ0v) is 8.84. The molecule has 2 rings (SSSR count). The topological polar surface area (TPSA) is 61.8 Å². The number of rotatable bonds is 2. The van der Waals surface area contributed by atoms with Crippen LogP contribution in [0, 0.1) is 11.3 Å². The second-order valence-corrected chi connectivity index (χ2v) is 3.70. The van der Waals surface area contributed by atoms with Crippen molar-refractivity contribution < 1.29 is 23.8 Å². The van der Waals surface area contributed by atoms with Crippen molar-refractivity contribution >= 4 is 11.9 Å². The Morgan fingerprint density at radius 2 is 2.50 bits per heavy atom.